The molecule has 0 saturated carbocycles. The number of amides is 3. The smallest absolute Gasteiger partial charge is 0.311 e. The second-order valence-corrected chi connectivity index (χ2v) is 7.92. The summed E-state index contributed by atoms with van der Waals surface area (Å²) in [6, 6.07) is 10.2. The van der Waals surface area contributed by atoms with E-state index >= 15 is 0 Å². The fourth-order valence-corrected chi connectivity index (χ4v) is 3.41. The Balaban J connectivity index is 1.53. The molecule has 0 radical (unpaired) electrons. The molecule has 1 heterocycles. The van der Waals surface area contributed by atoms with Crippen molar-refractivity contribution in [2.45, 2.75) is 20.3 Å². The Morgan fingerprint density at radius 3 is 2.35 bits per heavy atom. The van der Waals surface area contributed by atoms with Crippen molar-refractivity contribution in [1.82, 2.24) is 10.4 Å². The number of nitrogens with zero attached hydrogens (tertiary/aromatic N) is 1. The fraction of sp³-hybridized carbons (Fsp3) is 0.333. The molecule has 0 unspecified atom stereocenters. The number of carbonyl (C=O) groups excluding carboxylic acids is 4. The van der Waals surface area contributed by atoms with E-state index in [0.717, 1.165) is 16.1 Å². The van der Waals surface area contributed by atoms with Crippen LogP contribution < -0.4 is 20.2 Å². The molecule has 1 fully saturated rings. The van der Waals surface area contributed by atoms with Crippen LogP contribution in [0.5, 0.6) is 11.5 Å². The van der Waals surface area contributed by atoms with Gasteiger partial charge in [-0.3, -0.25) is 29.6 Å². The van der Waals surface area contributed by atoms with E-state index < -0.39 is 36.2 Å². The molecule has 10 heteroatoms. The summed E-state index contributed by atoms with van der Waals surface area (Å²) in [4.78, 5) is 49.5. The number of anilines is 1. The van der Waals surface area contributed by atoms with Crippen molar-refractivity contribution in [2.24, 2.45) is 5.92 Å². The first-order valence-electron chi connectivity index (χ1n) is 10.6. The van der Waals surface area contributed by atoms with Crippen LogP contribution in [-0.2, 0) is 19.1 Å². The summed E-state index contributed by atoms with van der Waals surface area (Å²) in [5, 5.41) is 3.77. The molecule has 1 aliphatic rings. The van der Waals surface area contributed by atoms with Crippen molar-refractivity contribution in [2.75, 3.05) is 32.7 Å². The molecule has 1 saturated heterocycles. The Hall–Kier alpha value is -4.08. The van der Waals surface area contributed by atoms with Gasteiger partial charge in [-0.25, -0.2) is 0 Å². The summed E-state index contributed by atoms with van der Waals surface area (Å²) in [5.41, 5.74) is 5.21. The average molecular weight is 469 g/mol. The zero-order valence-corrected chi connectivity index (χ0v) is 19.5. The van der Waals surface area contributed by atoms with Gasteiger partial charge in [-0.2, -0.15) is 0 Å². The minimum Gasteiger partial charge on any atom is -0.497 e. The van der Waals surface area contributed by atoms with Crippen molar-refractivity contribution in [3.8, 4) is 11.5 Å². The average Bonchev–Trinajstić information content (AvgIpc) is 3.19. The highest BCUT2D eigenvalue weighted by atomic mass is 16.5. The largest absolute Gasteiger partial charge is 0.497 e. The molecule has 10 nitrogen and oxygen atoms in total. The molecule has 2 aromatic carbocycles. The lowest BCUT2D eigenvalue weighted by atomic mass is 10.1. The Morgan fingerprint density at radius 1 is 1.03 bits per heavy atom. The molecule has 0 bridgehead atoms. The van der Waals surface area contributed by atoms with Gasteiger partial charge in [0.2, 0.25) is 5.91 Å². The Morgan fingerprint density at radius 2 is 1.71 bits per heavy atom. The monoisotopic (exact) mass is 469 g/mol. The second-order valence-electron chi connectivity index (χ2n) is 7.92. The molecular formula is C24H27N3O7. The van der Waals surface area contributed by atoms with Gasteiger partial charge in [0.25, 0.3) is 11.8 Å². The van der Waals surface area contributed by atoms with Crippen LogP contribution in [0.3, 0.4) is 0 Å². The molecule has 3 amide bonds. The minimum atomic E-state index is -0.804. The van der Waals surface area contributed by atoms with E-state index in [0.29, 0.717) is 17.2 Å². The van der Waals surface area contributed by atoms with Gasteiger partial charge in [0, 0.05) is 23.7 Å². The number of ether oxygens (including phenoxy) is 3. The normalized spacial score (nSPS) is 15.0. The Labute approximate surface area is 197 Å². The third-order valence-corrected chi connectivity index (χ3v) is 5.32. The maximum absolute atomic E-state index is 12.6. The second kappa shape index (κ2) is 10.7. The molecule has 180 valence electrons. The summed E-state index contributed by atoms with van der Waals surface area (Å²) in [6.07, 6.45) is -0.140. The molecular weight excluding hydrogens is 442 g/mol. The SMILES string of the molecule is COc1cc(OC)cc(C(=O)NN2C[C@H](C(=O)OCC(=O)Nc3cc(C)ccc3C)CC2=O)c1. The molecule has 2 N–H and O–H groups in total. The van der Waals surface area contributed by atoms with Crippen molar-refractivity contribution in [3.63, 3.8) is 0 Å². The number of hydrogen-bond donors (Lipinski definition) is 2. The molecule has 0 aromatic heterocycles. The van der Waals surface area contributed by atoms with Gasteiger partial charge in [0.15, 0.2) is 6.61 Å². The lowest BCUT2D eigenvalue weighted by Crippen LogP contribution is -2.43. The third kappa shape index (κ3) is 6.03. The van der Waals surface area contributed by atoms with Crippen LogP contribution in [0, 0.1) is 19.8 Å². The summed E-state index contributed by atoms with van der Waals surface area (Å²) in [7, 11) is 2.91. The van der Waals surface area contributed by atoms with Gasteiger partial charge in [0.05, 0.1) is 26.7 Å². The molecule has 34 heavy (non-hydrogen) atoms. The highest BCUT2D eigenvalue weighted by Gasteiger charge is 2.36. The van der Waals surface area contributed by atoms with Crippen molar-refractivity contribution >= 4 is 29.4 Å². The molecule has 0 spiro atoms. The summed E-state index contributed by atoms with van der Waals surface area (Å²) in [6.45, 7) is 3.22. The van der Waals surface area contributed by atoms with Gasteiger partial charge < -0.3 is 19.5 Å². The first kappa shape index (κ1) is 24.6. The zero-order valence-electron chi connectivity index (χ0n) is 19.5. The summed E-state index contributed by atoms with van der Waals surface area (Å²) >= 11 is 0. The predicted molar refractivity (Wildman–Crippen MR) is 122 cm³/mol. The van der Waals surface area contributed by atoms with Gasteiger partial charge in [-0.15, -0.1) is 0 Å². The number of carbonyl (C=O) groups is 4. The van der Waals surface area contributed by atoms with E-state index in [1.807, 2.05) is 32.0 Å². The first-order chi connectivity index (χ1) is 16.2. The number of hydrogen-bond acceptors (Lipinski definition) is 7. The number of rotatable bonds is 8. The van der Waals surface area contributed by atoms with Crippen LogP contribution in [0.25, 0.3) is 0 Å². The van der Waals surface area contributed by atoms with Gasteiger partial charge in [-0.05, 0) is 43.2 Å². The molecule has 1 aliphatic heterocycles. The van der Waals surface area contributed by atoms with E-state index in [1.54, 1.807) is 6.07 Å². The maximum atomic E-state index is 12.6. The van der Waals surface area contributed by atoms with Gasteiger partial charge >= 0.3 is 5.97 Å². The summed E-state index contributed by atoms with van der Waals surface area (Å²) < 4.78 is 15.4. The zero-order chi connectivity index (χ0) is 24.8. The fourth-order valence-electron chi connectivity index (χ4n) is 3.41. The molecule has 0 aliphatic carbocycles. The van der Waals surface area contributed by atoms with Crippen LogP contribution in [0.4, 0.5) is 5.69 Å². The number of methoxy groups -OCH3 is 2. The number of esters is 1. The van der Waals surface area contributed by atoms with Crippen LogP contribution in [0.15, 0.2) is 36.4 Å². The van der Waals surface area contributed by atoms with Crippen molar-refractivity contribution in [3.05, 3.63) is 53.1 Å². The quantitative estimate of drug-likeness (QED) is 0.567. The van der Waals surface area contributed by atoms with E-state index in [2.05, 4.69) is 10.7 Å². The van der Waals surface area contributed by atoms with Crippen LogP contribution in [0.2, 0.25) is 0 Å². The maximum Gasteiger partial charge on any atom is 0.311 e. The third-order valence-electron chi connectivity index (χ3n) is 5.32. The van der Waals surface area contributed by atoms with E-state index in [-0.39, 0.29) is 18.5 Å². The van der Waals surface area contributed by atoms with Crippen LogP contribution in [0.1, 0.15) is 27.9 Å². The predicted octanol–water partition coefficient (Wildman–Crippen LogP) is 2.00. The van der Waals surface area contributed by atoms with Crippen molar-refractivity contribution in [1.29, 1.82) is 0 Å². The van der Waals surface area contributed by atoms with Crippen LogP contribution in [-0.4, -0.2) is 56.1 Å². The minimum absolute atomic E-state index is 0.0664. The molecule has 1 atom stereocenters. The number of benzene rings is 2. The van der Waals surface area contributed by atoms with Crippen LogP contribution >= 0.6 is 0 Å². The topological polar surface area (TPSA) is 123 Å². The van der Waals surface area contributed by atoms with Crippen molar-refractivity contribution < 1.29 is 33.4 Å². The number of aryl methyl sites for hydroxylation is 2. The number of nitrogens with one attached hydrogen (secondary N) is 2. The van der Waals surface area contributed by atoms with Gasteiger partial charge in [-0.1, -0.05) is 12.1 Å². The lowest BCUT2D eigenvalue weighted by molar-refractivity contribution is -0.151. The van der Waals surface area contributed by atoms with E-state index in [9.17, 15) is 19.2 Å². The number of hydrazine groups is 1. The lowest BCUT2D eigenvalue weighted by Gasteiger charge is -2.18. The van der Waals surface area contributed by atoms with E-state index in [4.69, 9.17) is 14.2 Å². The van der Waals surface area contributed by atoms with E-state index in [1.165, 1.54) is 26.4 Å². The molecule has 3 rings (SSSR count). The first-order valence-corrected chi connectivity index (χ1v) is 10.6. The highest BCUT2D eigenvalue weighted by molar-refractivity contribution is 5.97. The summed E-state index contributed by atoms with van der Waals surface area (Å²) in [5.74, 6) is -2.15. The van der Waals surface area contributed by atoms with Gasteiger partial charge in [0.1, 0.15) is 11.5 Å². The standard InChI is InChI=1S/C24H27N3O7/c1-14-5-6-15(2)20(7-14)25-21(28)13-34-24(31)17-10-22(29)27(12-17)26-23(30)16-8-18(32-3)11-19(9-16)33-4/h5-9,11,17H,10,12-13H2,1-4H3,(H,25,28)(H,26,30)/t17-/m1/s1. The molecule has 2 aromatic rings. The Kier molecular flexibility index (Phi) is 7.72. The highest BCUT2D eigenvalue weighted by Crippen LogP contribution is 2.23. The Bertz CT molecular complexity index is 1090.